The van der Waals surface area contributed by atoms with Gasteiger partial charge in [0.25, 0.3) is 0 Å². The van der Waals surface area contributed by atoms with E-state index in [0.29, 0.717) is 10.0 Å². The zero-order valence-corrected chi connectivity index (χ0v) is 10.7. The molecule has 0 spiro atoms. The molecule has 2 nitrogen and oxygen atoms in total. The molecule has 0 heterocycles. The molecule has 0 amide bonds. The fourth-order valence-electron chi connectivity index (χ4n) is 1.04. The van der Waals surface area contributed by atoms with Crippen molar-refractivity contribution >= 4 is 28.9 Å². The van der Waals surface area contributed by atoms with Gasteiger partial charge in [-0.1, -0.05) is 23.2 Å². The molecule has 0 fully saturated rings. The van der Waals surface area contributed by atoms with E-state index in [1.165, 1.54) is 0 Å². The summed E-state index contributed by atoms with van der Waals surface area (Å²) in [4.78, 5) is 0. The fourth-order valence-corrected chi connectivity index (χ4v) is 1.39. The highest BCUT2D eigenvalue weighted by molar-refractivity contribution is 6.35. The average Bonchev–Trinajstić information content (AvgIpc) is 2.20. The maximum Gasteiger partial charge on any atom is 0.0638 e. The highest BCUT2D eigenvalue weighted by Crippen LogP contribution is 2.25. The molecule has 1 aromatic rings. The molecule has 0 aliphatic rings. The molecule has 0 unspecified atom stereocenters. The Hall–Kier alpha value is -0.440. The van der Waals surface area contributed by atoms with Gasteiger partial charge in [-0.05, 0) is 39.1 Å². The van der Waals surface area contributed by atoms with Crippen molar-refractivity contribution in [2.24, 2.45) is 0 Å². The molecule has 0 saturated carbocycles. The predicted molar refractivity (Wildman–Crippen MR) is 68.1 cm³/mol. The minimum absolute atomic E-state index is 0.0195. The van der Waals surface area contributed by atoms with Crippen LogP contribution >= 0.6 is 23.2 Å². The van der Waals surface area contributed by atoms with Gasteiger partial charge in [-0.2, -0.15) is 0 Å². The summed E-state index contributed by atoms with van der Waals surface area (Å²) < 4.78 is 0. The monoisotopic (exact) mass is 246 g/mol. The third-order valence-electron chi connectivity index (χ3n) is 2.33. The summed E-state index contributed by atoms with van der Waals surface area (Å²) in [5, 5.41) is 7.84. The quantitative estimate of drug-likeness (QED) is 0.852. The zero-order valence-electron chi connectivity index (χ0n) is 9.20. The van der Waals surface area contributed by atoms with Crippen LogP contribution in [0.4, 0.5) is 5.69 Å². The van der Waals surface area contributed by atoms with E-state index < -0.39 is 0 Å². The van der Waals surface area contributed by atoms with Crippen LogP contribution in [0.5, 0.6) is 0 Å². The zero-order chi connectivity index (χ0) is 11.5. The van der Waals surface area contributed by atoms with Crippen molar-refractivity contribution in [2.45, 2.75) is 19.4 Å². The van der Waals surface area contributed by atoms with Crippen molar-refractivity contribution in [3.63, 3.8) is 0 Å². The van der Waals surface area contributed by atoms with E-state index in [-0.39, 0.29) is 5.54 Å². The summed E-state index contributed by atoms with van der Waals surface area (Å²) in [6.07, 6.45) is 0. The van der Waals surface area contributed by atoms with Crippen LogP contribution in [-0.4, -0.2) is 19.1 Å². The molecule has 0 radical (unpaired) electrons. The number of hydrogen-bond acceptors (Lipinski definition) is 2. The molecule has 0 aliphatic heterocycles. The van der Waals surface area contributed by atoms with Crippen LogP contribution in [0.25, 0.3) is 0 Å². The molecule has 1 rings (SSSR count). The maximum atomic E-state index is 6.03. The van der Waals surface area contributed by atoms with Crippen molar-refractivity contribution in [2.75, 3.05) is 18.9 Å². The summed E-state index contributed by atoms with van der Waals surface area (Å²) in [5.74, 6) is 0. The second-order valence-electron chi connectivity index (χ2n) is 4.11. The lowest BCUT2D eigenvalue weighted by molar-refractivity contribution is 0.448. The Morgan fingerprint density at radius 1 is 1.27 bits per heavy atom. The number of nitrogens with one attached hydrogen (secondary N) is 2. The lowest BCUT2D eigenvalue weighted by Crippen LogP contribution is -2.42. The van der Waals surface area contributed by atoms with Gasteiger partial charge >= 0.3 is 0 Å². The number of rotatable bonds is 4. The molecule has 2 N–H and O–H groups in total. The molecule has 1 aromatic carbocycles. The van der Waals surface area contributed by atoms with Crippen LogP contribution in [-0.2, 0) is 0 Å². The van der Waals surface area contributed by atoms with E-state index in [4.69, 9.17) is 23.2 Å². The molecular weight excluding hydrogens is 231 g/mol. The Labute approximate surface area is 101 Å². The Balaban J connectivity index is 2.69. The van der Waals surface area contributed by atoms with Gasteiger partial charge in [-0.25, -0.2) is 0 Å². The lowest BCUT2D eigenvalue weighted by Gasteiger charge is -2.25. The molecule has 0 aromatic heterocycles. The van der Waals surface area contributed by atoms with Crippen molar-refractivity contribution < 1.29 is 0 Å². The Morgan fingerprint density at radius 3 is 2.53 bits per heavy atom. The normalized spacial score (nSPS) is 11.5. The van der Waals surface area contributed by atoms with Gasteiger partial charge in [0.1, 0.15) is 0 Å². The summed E-state index contributed by atoms with van der Waals surface area (Å²) in [6.45, 7) is 5.00. The van der Waals surface area contributed by atoms with Crippen LogP contribution in [0.15, 0.2) is 18.2 Å². The number of anilines is 1. The first-order valence-corrected chi connectivity index (χ1v) is 5.58. The van der Waals surface area contributed by atoms with Gasteiger partial charge in [0.2, 0.25) is 0 Å². The second-order valence-corrected chi connectivity index (χ2v) is 4.96. The molecule has 15 heavy (non-hydrogen) atoms. The van der Waals surface area contributed by atoms with Gasteiger partial charge in [-0.3, -0.25) is 0 Å². The Morgan fingerprint density at radius 2 is 1.93 bits per heavy atom. The number of likely N-dealkylation sites (N-methyl/N-ethyl adjacent to an activating group) is 1. The van der Waals surface area contributed by atoms with Gasteiger partial charge < -0.3 is 10.6 Å². The van der Waals surface area contributed by atoms with Gasteiger partial charge in [0.05, 0.1) is 10.7 Å². The van der Waals surface area contributed by atoms with Crippen LogP contribution < -0.4 is 10.6 Å². The third kappa shape index (κ3) is 3.90. The molecule has 4 heteroatoms. The van der Waals surface area contributed by atoms with Crippen LogP contribution in [0.2, 0.25) is 10.0 Å². The van der Waals surface area contributed by atoms with Crippen molar-refractivity contribution in [3.8, 4) is 0 Å². The van der Waals surface area contributed by atoms with Gasteiger partial charge in [-0.15, -0.1) is 0 Å². The van der Waals surface area contributed by atoms with E-state index >= 15 is 0 Å². The van der Waals surface area contributed by atoms with Gasteiger partial charge in [0.15, 0.2) is 0 Å². The summed E-state index contributed by atoms with van der Waals surface area (Å²) >= 11 is 11.9. The van der Waals surface area contributed by atoms with E-state index in [9.17, 15) is 0 Å². The third-order valence-corrected chi connectivity index (χ3v) is 2.89. The van der Waals surface area contributed by atoms with E-state index in [1.807, 2.05) is 13.1 Å². The van der Waals surface area contributed by atoms with Crippen LogP contribution in [0.1, 0.15) is 13.8 Å². The standard InChI is InChI=1S/C11H16Cl2N2/c1-11(2,14-3)7-15-10-6-8(12)4-5-9(10)13/h4-6,14-15H,7H2,1-3H3. The first-order valence-electron chi connectivity index (χ1n) is 4.82. The highest BCUT2D eigenvalue weighted by Gasteiger charge is 2.14. The molecule has 0 atom stereocenters. The summed E-state index contributed by atoms with van der Waals surface area (Å²) in [6, 6.07) is 5.40. The molecule has 84 valence electrons. The molecule has 0 saturated heterocycles. The van der Waals surface area contributed by atoms with Crippen LogP contribution in [0.3, 0.4) is 0 Å². The predicted octanol–water partition coefficient (Wildman–Crippen LogP) is 3.40. The Kier molecular flexibility index (Phi) is 4.26. The van der Waals surface area contributed by atoms with E-state index in [0.717, 1.165) is 12.2 Å². The number of halogens is 2. The molecule has 0 bridgehead atoms. The highest BCUT2D eigenvalue weighted by atomic mass is 35.5. The largest absolute Gasteiger partial charge is 0.382 e. The topological polar surface area (TPSA) is 24.1 Å². The lowest BCUT2D eigenvalue weighted by atomic mass is 10.1. The van der Waals surface area contributed by atoms with Crippen molar-refractivity contribution in [3.05, 3.63) is 28.2 Å². The van der Waals surface area contributed by atoms with Gasteiger partial charge in [0, 0.05) is 17.1 Å². The number of hydrogen-bond donors (Lipinski definition) is 2. The first-order chi connectivity index (χ1) is 6.94. The summed E-state index contributed by atoms with van der Waals surface area (Å²) in [7, 11) is 1.93. The van der Waals surface area contributed by atoms with E-state index in [1.54, 1.807) is 12.1 Å². The second kappa shape index (κ2) is 5.06. The minimum Gasteiger partial charge on any atom is -0.382 e. The van der Waals surface area contributed by atoms with Crippen LogP contribution in [0, 0.1) is 0 Å². The SMILES string of the molecule is CNC(C)(C)CNc1cc(Cl)ccc1Cl. The van der Waals surface area contributed by atoms with E-state index in [2.05, 4.69) is 24.5 Å². The fraction of sp³-hybridized carbons (Fsp3) is 0.455. The molecule has 0 aliphatic carbocycles. The first kappa shape index (κ1) is 12.6. The molecular formula is C11H16Cl2N2. The smallest absolute Gasteiger partial charge is 0.0638 e. The van der Waals surface area contributed by atoms with Crippen molar-refractivity contribution in [1.29, 1.82) is 0 Å². The minimum atomic E-state index is 0.0195. The number of benzene rings is 1. The average molecular weight is 247 g/mol. The maximum absolute atomic E-state index is 6.03. The van der Waals surface area contributed by atoms with Crippen molar-refractivity contribution in [1.82, 2.24) is 5.32 Å². The summed E-state index contributed by atoms with van der Waals surface area (Å²) in [5.41, 5.74) is 0.888. The Bertz CT molecular complexity index is 337.